The number of rotatable bonds is 3. The van der Waals surface area contributed by atoms with Gasteiger partial charge in [0.25, 0.3) is 0 Å². The number of nitrogens with zero attached hydrogens (tertiary/aromatic N) is 1. The van der Waals surface area contributed by atoms with Crippen molar-refractivity contribution >= 4 is 5.91 Å². The minimum absolute atomic E-state index is 0.0336. The van der Waals surface area contributed by atoms with Crippen molar-refractivity contribution in [2.45, 2.75) is 63.6 Å². The molecule has 1 saturated carbocycles. The molecule has 2 N–H and O–H groups in total. The standard InChI is InChI=1S/C15H25F3N2O/c16-15(17,18)12-5-3-4-11(10-12)14(21)20-9-2-1-6-13(20)7-8-19/h11-13H,1-10,19H2. The summed E-state index contributed by atoms with van der Waals surface area (Å²) in [6, 6.07) is 0.127. The van der Waals surface area contributed by atoms with Crippen LogP contribution in [0.5, 0.6) is 0 Å². The van der Waals surface area contributed by atoms with Gasteiger partial charge < -0.3 is 10.6 Å². The molecule has 3 unspecified atom stereocenters. The van der Waals surface area contributed by atoms with Crippen LogP contribution in [0.25, 0.3) is 0 Å². The lowest BCUT2D eigenvalue weighted by Gasteiger charge is -2.40. The van der Waals surface area contributed by atoms with E-state index in [1.54, 1.807) is 0 Å². The van der Waals surface area contributed by atoms with Gasteiger partial charge in [-0.05, 0) is 51.5 Å². The van der Waals surface area contributed by atoms with E-state index in [9.17, 15) is 18.0 Å². The molecule has 1 heterocycles. The first kappa shape index (κ1) is 16.6. The number of amides is 1. The Bertz CT molecular complexity index is 357. The number of hydrogen-bond donors (Lipinski definition) is 1. The second-order valence-electron chi connectivity index (χ2n) is 6.36. The van der Waals surface area contributed by atoms with Crippen molar-refractivity contribution in [3.8, 4) is 0 Å². The third-order valence-electron chi connectivity index (χ3n) is 4.90. The summed E-state index contributed by atoms with van der Waals surface area (Å²) in [5.41, 5.74) is 5.59. The smallest absolute Gasteiger partial charge is 0.339 e. The zero-order valence-electron chi connectivity index (χ0n) is 12.4. The van der Waals surface area contributed by atoms with Crippen molar-refractivity contribution in [2.75, 3.05) is 13.1 Å². The van der Waals surface area contributed by atoms with Gasteiger partial charge >= 0.3 is 6.18 Å². The van der Waals surface area contributed by atoms with Crippen molar-refractivity contribution in [1.29, 1.82) is 0 Å². The maximum absolute atomic E-state index is 12.9. The Labute approximate surface area is 124 Å². The largest absolute Gasteiger partial charge is 0.391 e. The Balaban J connectivity index is 2.00. The van der Waals surface area contributed by atoms with Crippen LogP contribution >= 0.6 is 0 Å². The highest BCUT2D eigenvalue weighted by atomic mass is 19.4. The van der Waals surface area contributed by atoms with E-state index < -0.39 is 18.0 Å². The van der Waals surface area contributed by atoms with Crippen LogP contribution in [0.4, 0.5) is 13.2 Å². The number of alkyl halides is 3. The number of hydrogen-bond acceptors (Lipinski definition) is 2. The summed E-state index contributed by atoms with van der Waals surface area (Å²) in [5.74, 6) is -1.83. The van der Waals surface area contributed by atoms with E-state index in [2.05, 4.69) is 0 Å². The zero-order valence-corrected chi connectivity index (χ0v) is 12.4. The van der Waals surface area contributed by atoms with Crippen molar-refractivity contribution < 1.29 is 18.0 Å². The molecule has 2 fully saturated rings. The van der Waals surface area contributed by atoms with E-state index in [1.807, 2.05) is 4.90 Å². The number of nitrogens with two attached hydrogens (primary N) is 1. The molecule has 6 heteroatoms. The Morgan fingerprint density at radius 1 is 1.14 bits per heavy atom. The number of likely N-dealkylation sites (tertiary alicyclic amines) is 1. The highest BCUT2D eigenvalue weighted by molar-refractivity contribution is 5.79. The normalized spacial score (nSPS) is 31.2. The van der Waals surface area contributed by atoms with Gasteiger partial charge in [-0.25, -0.2) is 0 Å². The van der Waals surface area contributed by atoms with Gasteiger partial charge in [-0.1, -0.05) is 6.42 Å². The number of carbonyl (C=O) groups is 1. The molecule has 0 bridgehead atoms. The predicted molar refractivity (Wildman–Crippen MR) is 74.5 cm³/mol. The molecule has 1 aliphatic carbocycles. The summed E-state index contributed by atoms with van der Waals surface area (Å²) in [5, 5.41) is 0. The minimum Gasteiger partial charge on any atom is -0.339 e. The molecule has 0 aromatic heterocycles. The van der Waals surface area contributed by atoms with Crippen LogP contribution < -0.4 is 5.73 Å². The van der Waals surface area contributed by atoms with E-state index in [0.717, 1.165) is 25.7 Å². The molecule has 2 aliphatic rings. The Morgan fingerprint density at radius 2 is 1.90 bits per heavy atom. The van der Waals surface area contributed by atoms with E-state index in [1.165, 1.54) is 0 Å². The maximum Gasteiger partial charge on any atom is 0.391 e. The number of piperidine rings is 1. The van der Waals surface area contributed by atoms with E-state index in [4.69, 9.17) is 5.73 Å². The zero-order chi connectivity index (χ0) is 15.5. The second kappa shape index (κ2) is 6.99. The molecule has 3 nitrogen and oxygen atoms in total. The molecule has 0 aromatic rings. The lowest BCUT2D eigenvalue weighted by atomic mass is 9.79. The third kappa shape index (κ3) is 4.11. The molecule has 1 saturated heterocycles. The molecular formula is C15H25F3N2O. The molecule has 0 radical (unpaired) electrons. The van der Waals surface area contributed by atoms with Gasteiger partial charge in [-0.2, -0.15) is 13.2 Å². The molecule has 122 valence electrons. The summed E-state index contributed by atoms with van der Waals surface area (Å²) in [7, 11) is 0. The van der Waals surface area contributed by atoms with E-state index >= 15 is 0 Å². The first-order chi connectivity index (χ1) is 9.93. The van der Waals surface area contributed by atoms with Crippen LogP contribution in [0, 0.1) is 11.8 Å². The van der Waals surface area contributed by atoms with Gasteiger partial charge in [0, 0.05) is 18.5 Å². The van der Waals surface area contributed by atoms with Crippen LogP contribution in [0.3, 0.4) is 0 Å². The summed E-state index contributed by atoms with van der Waals surface area (Å²) >= 11 is 0. The summed E-state index contributed by atoms with van der Waals surface area (Å²) < 4.78 is 38.6. The van der Waals surface area contributed by atoms with Crippen molar-refractivity contribution in [2.24, 2.45) is 17.6 Å². The average molecular weight is 306 g/mol. The number of halogens is 3. The molecule has 1 amide bonds. The lowest BCUT2D eigenvalue weighted by Crippen LogP contribution is -2.48. The molecule has 1 aliphatic heterocycles. The SMILES string of the molecule is NCCC1CCCCN1C(=O)C1CCCC(C(F)(F)F)C1. The second-order valence-corrected chi connectivity index (χ2v) is 6.36. The van der Waals surface area contributed by atoms with Gasteiger partial charge in [0.05, 0.1) is 5.92 Å². The topological polar surface area (TPSA) is 46.3 Å². The van der Waals surface area contributed by atoms with Crippen LogP contribution in [-0.2, 0) is 4.79 Å². The first-order valence-corrected chi connectivity index (χ1v) is 8.00. The van der Waals surface area contributed by atoms with Crippen LogP contribution in [0.1, 0.15) is 51.4 Å². The monoisotopic (exact) mass is 306 g/mol. The Kier molecular flexibility index (Phi) is 5.52. The van der Waals surface area contributed by atoms with Crippen molar-refractivity contribution in [3.63, 3.8) is 0 Å². The van der Waals surface area contributed by atoms with Gasteiger partial charge in [-0.15, -0.1) is 0 Å². The van der Waals surface area contributed by atoms with Crippen LogP contribution in [0.2, 0.25) is 0 Å². The van der Waals surface area contributed by atoms with Crippen molar-refractivity contribution in [1.82, 2.24) is 4.90 Å². The molecule has 3 atom stereocenters. The average Bonchev–Trinajstić information content (AvgIpc) is 2.47. The Hall–Kier alpha value is -0.780. The fourth-order valence-corrected chi connectivity index (χ4v) is 3.73. The quantitative estimate of drug-likeness (QED) is 0.871. The van der Waals surface area contributed by atoms with Crippen LogP contribution in [0.15, 0.2) is 0 Å². The molecular weight excluding hydrogens is 281 g/mol. The summed E-state index contributed by atoms with van der Waals surface area (Å²) in [4.78, 5) is 14.4. The van der Waals surface area contributed by atoms with E-state index in [0.29, 0.717) is 25.9 Å². The predicted octanol–water partition coefficient (Wildman–Crippen LogP) is 3.09. The van der Waals surface area contributed by atoms with Gasteiger partial charge in [0.15, 0.2) is 0 Å². The molecule has 21 heavy (non-hydrogen) atoms. The molecule has 2 rings (SSSR count). The highest BCUT2D eigenvalue weighted by Gasteiger charge is 2.44. The van der Waals surface area contributed by atoms with Gasteiger partial charge in [0.1, 0.15) is 0 Å². The highest BCUT2D eigenvalue weighted by Crippen LogP contribution is 2.41. The fourth-order valence-electron chi connectivity index (χ4n) is 3.73. The molecule has 0 aromatic carbocycles. The third-order valence-corrected chi connectivity index (χ3v) is 4.90. The van der Waals surface area contributed by atoms with Gasteiger partial charge in [0.2, 0.25) is 5.91 Å². The summed E-state index contributed by atoms with van der Waals surface area (Å²) in [6.07, 6.45) is 0.754. The number of carbonyl (C=O) groups excluding carboxylic acids is 1. The van der Waals surface area contributed by atoms with Crippen LogP contribution in [-0.4, -0.2) is 36.1 Å². The lowest BCUT2D eigenvalue weighted by molar-refractivity contribution is -0.187. The fraction of sp³-hybridized carbons (Fsp3) is 0.933. The minimum atomic E-state index is -4.17. The Morgan fingerprint density at radius 3 is 2.57 bits per heavy atom. The van der Waals surface area contributed by atoms with Gasteiger partial charge in [-0.3, -0.25) is 4.79 Å². The van der Waals surface area contributed by atoms with E-state index in [-0.39, 0.29) is 24.8 Å². The first-order valence-electron chi connectivity index (χ1n) is 8.00. The van der Waals surface area contributed by atoms with Crippen molar-refractivity contribution in [3.05, 3.63) is 0 Å². The maximum atomic E-state index is 12.9. The summed E-state index contributed by atoms with van der Waals surface area (Å²) in [6.45, 7) is 1.20. The molecule has 0 spiro atoms.